The lowest BCUT2D eigenvalue weighted by Gasteiger charge is -1.88. The van der Waals surface area contributed by atoms with Gasteiger partial charge in [-0.2, -0.15) is 4.98 Å². The first kappa shape index (κ1) is 8.98. The topological polar surface area (TPSA) is 85.1 Å². The molecule has 0 spiro atoms. The monoisotopic (exact) mass is 191 g/mol. The summed E-state index contributed by atoms with van der Waals surface area (Å²) in [5, 5.41) is 6.04. The Hall–Kier alpha value is -1.11. The van der Waals surface area contributed by atoms with Gasteiger partial charge in [0.2, 0.25) is 0 Å². The van der Waals surface area contributed by atoms with Gasteiger partial charge >= 0.3 is 6.01 Å². The first-order chi connectivity index (χ1) is 5.51. The molecule has 0 aliphatic rings. The number of rotatable bonds is 3. The number of hydrogen-bond acceptors (Lipinski definition) is 6. The van der Waals surface area contributed by atoms with Crippen molar-refractivity contribution in [2.45, 2.75) is 5.75 Å². The molecule has 0 aliphatic carbocycles. The Labute approximate surface area is 69.9 Å². The predicted molar refractivity (Wildman–Crippen MR) is 42.4 cm³/mol. The van der Waals surface area contributed by atoms with Crippen molar-refractivity contribution >= 4 is 15.9 Å². The maximum atomic E-state index is 10.8. The van der Waals surface area contributed by atoms with Crippen LogP contribution in [0.3, 0.4) is 0 Å². The van der Waals surface area contributed by atoms with Gasteiger partial charge in [0.25, 0.3) is 0 Å². The van der Waals surface area contributed by atoms with Gasteiger partial charge in [-0.15, -0.1) is 0 Å². The van der Waals surface area contributed by atoms with Crippen LogP contribution >= 0.6 is 0 Å². The molecule has 0 fully saturated rings. The van der Waals surface area contributed by atoms with E-state index in [1.54, 1.807) is 7.05 Å². The molecule has 6 nitrogen and oxygen atoms in total. The molecule has 0 saturated heterocycles. The number of nitrogens with zero attached hydrogens (tertiary/aromatic N) is 2. The van der Waals surface area contributed by atoms with Crippen molar-refractivity contribution in [3.05, 3.63) is 5.82 Å². The Kier molecular flexibility index (Phi) is 2.32. The third-order valence-electron chi connectivity index (χ3n) is 1.07. The molecule has 0 atom stereocenters. The fourth-order valence-corrected chi connectivity index (χ4v) is 1.23. The molecule has 1 heterocycles. The van der Waals surface area contributed by atoms with E-state index >= 15 is 0 Å². The smallest absolute Gasteiger partial charge is 0.321 e. The van der Waals surface area contributed by atoms with Gasteiger partial charge in [0.15, 0.2) is 15.7 Å². The summed E-state index contributed by atoms with van der Waals surface area (Å²) >= 11 is 0. The molecular weight excluding hydrogens is 182 g/mol. The van der Waals surface area contributed by atoms with E-state index < -0.39 is 9.84 Å². The number of nitrogens with one attached hydrogen (secondary N) is 1. The van der Waals surface area contributed by atoms with Crippen molar-refractivity contribution < 1.29 is 12.9 Å². The van der Waals surface area contributed by atoms with Gasteiger partial charge in [0, 0.05) is 13.3 Å². The molecule has 12 heavy (non-hydrogen) atoms. The van der Waals surface area contributed by atoms with E-state index in [4.69, 9.17) is 0 Å². The first-order valence-electron chi connectivity index (χ1n) is 3.19. The highest BCUT2D eigenvalue weighted by Crippen LogP contribution is 2.04. The number of hydrogen-bond donors (Lipinski definition) is 1. The summed E-state index contributed by atoms with van der Waals surface area (Å²) in [4.78, 5) is 3.75. The first-order valence-corrected chi connectivity index (χ1v) is 5.25. The van der Waals surface area contributed by atoms with Crippen molar-refractivity contribution in [3.63, 3.8) is 0 Å². The highest BCUT2D eigenvalue weighted by molar-refractivity contribution is 7.89. The zero-order valence-corrected chi connectivity index (χ0v) is 7.55. The highest BCUT2D eigenvalue weighted by atomic mass is 32.2. The summed E-state index contributed by atoms with van der Waals surface area (Å²) in [5.41, 5.74) is 0. The minimum atomic E-state index is -3.08. The lowest BCUT2D eigenvalue weighted by molar-refractivity contribution is 0.426. The van der Waals surface area contributed by atoms with Crippen LogP contribution < -0.4 is 5.32 Å². The van der Waals surface area contributed by atoms with Gasteiger partial charge in [-0.05, 0) is 0 Å². The normalized spacial score (nSPS) is 11.5. The maximum Gasteiger partial charge on any atom is 0.321 e. The predicted octanol–water partition coefficient (Wildman–Crippen LogP) is -0.344. The molecule has 1 aromatic heterocycles. The lowest BCUT2D eigenvalue weighted by Crippen LogP contribution is -2.02. The summed E-state index contributed by atoms with van der Waals surface area (Å²) in [5.74, 6) is -0.0279. The summed E-state index contributed by atoms with van der Waals surface area (Å²) in [6, 6.07) is 0.216. The van der Waals surface area contributed by atoms with Gasteiger partial charge in [-0.3, -0.25) is 0 Å². The SMILES string of the molecule is CNc1nc(CS(C)(=O)=O)no1. The molecule has 7 heteroatoms. The molecule has 0 saturated carbocycles. The second kappa shape index (κ2) is 3.10. The third kappa shape index (κ3) is 2.50. The quantitative estimate of drug-likeness (QED) is 0.703. The number of aromatic nitrogens is 2. The Morgan fingerprint density at radius 2 is 2.25 bits per heavy atom. The van der Waals surface area contributed by atoms with Crippen molar-refractivity contribution in [2.75, 3.05) is 18.6 Å². The van der Waals surface area contributed by atoms with Crippen LogP contribution in [0.4, 0.5) is 6.01 Å². The standard InChI is InChI=1S/C5H9N3O3S/c1-6-5-7-4(8-11-5)3-12(2,9)10/h3H2,1-2H3,(H,6,7,8). The second-order valence-electron chi connectivity index (χ2n) is 2.34. The molecule has 0 aliphatic heterocycles. The van der Waals surface area contributed by atoms with Gasteiger partial charge < -0.3 is 9.84 Å². The summed E-state index contributed by atoms with van der Waals surface area (Å²) in [6.45, 7) is 0. The van der Waals surface area contributed by atoms with Crippen molar-refractivity contribution in [2.24, 2.45) is 0 Å². The van der Waals surface area contributed by atoms with Crippen LogP contribution in [0.2, 0.25) is 0 Å². The molecule has 0 amide bonds. The number of anilines is 1. The Morgan fingerprint density at radius 3 is 2.67 bits per heavy atom. The van der Waals surface area contributed by atoms with Crippen molar-refractivity contribution in [1.29, 1.82) is 0 Å². The maximum absolute atomic E-state index is 10.8. The largest absolute Gasteiger partial charge is 0.341 e. The fourth-order valence-electron chi connectivity index (χ4n) is 0.649. The van der Waals surface area contributed by atoms with Crippen LogP contribution in [-0.2, 0) is 15.6 Å². The van der Waals surface area contributed by atoms with Crippen molar-refractivity contribution in [1.82, 2.24) is 10.1 Å². The third-order valence-corrected chi connectivity index (χ3v) is 1.86. The Balaban J connectivity index is 2.78. The van der Waals surface area contributed by atoms with Gasteiger partial charge in [-0.1, -0.05) is 5.16 Å². The Morgan fingerprint density at radius 1 is 1.58 bits per heavy atom. The van der Waals surface area contributed by atoms with Crippen LogP contribution in [-0.4, -0.2) is 31.9 Å². The zero-order valence-electron chi connectivity index (χ0n) is 6.73. The fraction of sp³-hybridized carbons (Fsp3) is 0.600. The summed E-state index contributed by atoms with van der Waals surface area (Å²) < 4.78 is 26.1. The molecule has 0 unspecified atom stereocenters. The number of sulfone groups is 1. The van der Waals surface area contributed by atoms with Gasteiger partial charge in [-0.25, -0.2) is 8.42 Å². The van der Waals surface area contributed by atoms with E-state index in [1.807, 2.05) is 0 Å². The molecular formula is C5H9N3O3S. The van der Waals surface area contributed by atoms with Gasteiger partial charge in [0.1, 0.15) is 5.75 Å². The molecule has 1 aromatic rings. The molecule has 0 bridgehead atoms. The van der Waals surface area contributed by atoms with Crippen LogP contribution in [0.25, 0.3) is 0 Å². The van der Waals surface area contributed by atoms with E-state index in [1.165, 1.54) is 0 Å². The summed E-state index contributed by atoms with van der Waals surface area (Å²) in [6.07, 6.45) is 1.11. The minimum absolute atomic E-state index is 0.168. The van der Waals surface area contributed by atoms with E-state index in [9.17, 15) is 8.42 Å². The summed E-state index contributed by atoms with van der Waals surface area (Å²) in [7, 11) is -1.48. The minimum Gasteiger partial charge on any atom is -0.341 e. The second-order valence-corrected chi connectivity index (χ2v) is 4.48. The molecule has 0 aromatic carbocycles. The van der Waals surface area contributed by atoms with Crippen molar-refractivity contribution in [3.8, 4) is 0 Å². The van der Waals surface area contributed by atoms with Crippen LogP contribution in [0.15, 0.2) is 4.52 Å². The average molecular weight is 191 g/mol. The molecule has 1 N–H and O–H groups in total. The van der Waals surface area contributed by atoms with E-state index in [0.29, 0.717) is 0 Å². The molecule has 0 radical (unpaired) electrons. The van der Waals surface area contributed by atoms with Crippen LogP contribution in [0, 0.1) is 0 Å². The average Bonchev–Trinajstić information content (AvgIpc) is 2.32. The van der Waals surface area contributed by atoms with E-state index in [-0.39, 0.29) is 17.6 Å². The molecule has 68 valence electrons. The van der Waals surface area contributed by atoms with Crippen LogP contribution in [0.1, 0.15) is 5.82 Å². The van der Waals surface area contributed by atoms with Crippen LogP contribution in [0.5, 0.6) is 0 Å². The van der Waals surface area contributed by atoms with Gasteiger partial charge in [0.05, 0.1) is 0 Å². The highest BCUT2D eigenvalue weighted by Gasteiger charge is 2.10. The lowest BCUT2D eigenvalue weighted by atomic mass is 10.7. The Bertz CT molecular complexity index is 356. The zero-order chi connectivity index (χ0) is 9.19. The van der Waals surface area contributed by atoms with E-state index in [0.717, 1.165) is 6.26 Å². The van der Waals surface area contributed by atoms with E-state index in [2.05, 4.69) is 20.0 Å². The molecule has 1 rings (SSSR count).